The summed E-state index contributed by atoms with van der Waals surface area (Å²) >= 11 is 5.64. The lowest BCUT2D eigenvalue weighted by molar-refractivity contribution is 0.103. The Morgan fingerprint density at radius 1 is 0.673 bits per heavy atom. The van der Waals surface area contributed by atoms with E-state index in [0.29, 0.717) is 56.0 Å². The van der Waals surface area contributed by atoms with Gasteiger partial charge in [-0.2, -0.15) is 0 Å². The third kappa shape index (κ3) is 12.7. The van der Waals surface area contributed by atoms with Gasteiger partial charge in [-0.1, -0.05) is 11.6 Å². The predicted octanol–water partition coefficient (Wildman–Crippen LogP) is 3.93. The van der Waals surface area contributed by atoms with Crippen molar-refractivity contribution >= 4 is 60.7 Å². The highest BCUT2D eigenvalue weighted by Gasteiger charge is 2.26. The van der Waals surface area contributed by atoms with Gasteiger partial charge in [0, 0.05) is 49.4 Å². The number of hydrogen-bond donors (Lipinski definition) is 4. The Kier molecular flexibility index (Phi) is 14.8. The Bertz CT molecular complexity index is 2180. The summed E-state index contributed by atoms with van der Waals surface area (Å²) < 4.78 is 73.7. The normalized spacial score (nSPS) is 15.9. The molecule has 0 aliphatic carbocycles. The summed E-state index contributed by atoms with van der Waals surface area (Å²) in [4.78, 5) is 32.5. The van der Waals surface area contributed by atoms with Crippen LogP contribution >= 0.6 is 11.6 Å². The summed E-state index contributed by atoms with van der Waals surface area (Å²) in [5, 5.41) is 3.45. The van der Waals surface area contributed by atoms with E-state index >= 15 is 0 Å². The van der Waals surface area contributed by atoms with Crippen molar-refractivity contribution in [3.05, 3.63) is 112 Å². The van der Waals surface area contributed by atoms with Crippen LogP contribution in [0.15, 0.2) is 72.8 Å². The van der Waals surface area contributed by atoms with E-state index in [1.54, 1.807) is 12.1 Å². The molecular weight excluding hydrogens is 778 g/mol. The van der Waals surface area contributed by atoms with Crippen molar-refractivity contribution in [2.45, 2.75) is 37.8 Å². The number of hydrogen-bond acceptors (Lipinski definition) is 12. The molecule has 55 heavy (non-hydrogen) atoms. The number of carbonyl (C=O) groups excluding carboxylic acids is 2. The van der Waals surface area contributed by atoms with E-state index in [1.807, 2.05) is 0 Å². The maximum atomic E-state index is 13.0. The zero-order valence-electron chi connectivity index (χ0n) is 30.2. The van der Waals surface area contributed by atoms with Crippen molar-refractivity contribution in [2.24, 2.45) is 5.73 Å². The highest BCUT2D eigenvalue weighted by Crippen LogP contribution is 2.22. The number of ketones is 2. The zero-order chi connectivity index (χ0) is 40.5. The molecule has 0 unspecified atom stereocenters. The number of nitrogens with one attached hydrogen (secondary N) is 1. The number of rotatable bonds is 8. The predicted molar refractivity (Wildman–Crippen MR) is 209 cm³/mol. The first-order chi connectivity index (χ1) is 25.8. The molecule has 2 aromatic heterocycles. The molecule has 2 aliphatic rings. The highest BCUT2D eigenvalue weighted by molar-refractivity contribution is 7.88. The molecule has 2 aromatic carbocycles. The molecule has 0 amide bonds. The molecule has 0 spiro atoms. The second kappa shape index (κ2) is 18.8. The molecule has 2 saturated heterocycles. The molecule has 296 valence electrons. The number of nitrogens with zero attached hydrogens (tertiary/aromatic N) is 4. The third-order valence-electron chi connectivity index (χ3n) is 8.76. The van der Waals surface area contributed by atoms with Gasteiger partial charge in [-0.25, -0.2) is 44.2 Å². The van der Waals surface area contributed by atoms with E-state index < -0.39 is 31.7 Å². The lowest BCUT2D eigenvalue weighted by Gasteiger charge is -2.31. The van der Waals surface area contributed by atoms with E-state index in [1.165, 1.54) is 81.8 Å². The molecule has 0 radical (unpaired) electrons. The number of carbonyl (C=O) groups is 2. The molecule has 2 fully saturated rings. The SMILES string of the molecule is CS(=O)(=O)N1CCC(N)CC1.CS(=O)(=O)N1CCC(Nc2ccc(C(=O)c3ccc(F)cc3)c(N)n2)CC1.Nc1nc(Cl)ccc1C(=O)c1ccc(F)cc1. The Morgan fingerprint density at radius 3 is 1.47 bits per heavy atom. The molecule has 2 aliphatic heterocycles. The minimum Gasteiger partial charge on any atom is -0.383 e. The number of halogens is 3. The average Bonchev–Trinajstić information content (AvgIpc) is 3.12. The quantitative estimate of drug-likeness (QED) is 0.147. The number of nitrogen functional groups attached to an aromatic ring is 2. The summed E-state index contributed by atoms with van der Waals surface area (Å²) in [6.45, 7) is 2.07. The van der Waals surface area contributed by atoms with Gasteiger partial charge in [-0.05, 0) is 98.5 Å². The summed E-state index contributed by atoms with van der Waals surface area (Å²) in [6.07, 6.45) is 5.33. The Hall–Kier alpha value is -4.59. The number of anilines is 3. The van der Waals surface area contributed by atoms with Crippen molar-refractivity contribution < 1.29 is 35.2 Å². The fourth-order valence-corrected chi connectivity index (χ4v) is 7.55. The number of piperidine rings is 2. The first-order valence-electron chi connectivity index (χ1n) is 17.0. The molecule has 4 aromatic rings. The standard InChI is InChI=1S/C18H21FN4O3S.C12H8ClFN2O.C6H14N2O2S/c1-27(25,26)23-10-8-14(9-11-23)21-16-7-6-15(18(20)22-16)17(24)12-2-4-13(19)5-3-12;13-10-6-5-9(12(15)16-10)11(17)7-1-3-8(14)4-2-7;1-11(9,10)8-4-2-6(7)3-5-8/h2-7,14H,8-11H2,1H3,(H3,20,21,22);1-6H,(H2,15,16);6H,2-5,7H2,1H3. The molecule has 0 atom stereocenters. The zero-order valence-corrected chi connectivity index (χ0v) is 32.5. The van der Waals surface area contributed by atoms with E-state index in [2.05, 4.69) is 15.3 Å². The Labute approximate surface area is 324 Å². The topological polar surface area (TPSA) is 225 Å². The Morgan fingerprint density at radius 2 is 1.07 bits per heavy atom. The molecule has 19 heteroatoms. The van der Waals surface area contributed by atoms with Gasteiger partial charge in [0.2, 0.25) is 20.0 Å². The van der Waals surface area contributed by atoms with Gasteiger partial charge in [-0.3, -0.25) is 9.59 Å². The van der Waals surface area contributed by atoms with Crippen LogP contribution in [0, 0.1) is 11.6 Å². The molecule has 6 rings (SSSR count). The van der Waals surface area contributed by atoms with Crippen molar-refractivity contribution in [2.75, 3.05) is 55.5 Å². The molecule has 14 nitrogen and oxygen atoms in total. The average molecular weight is 821 g/mol. The summed E-state index contributed by atoms with van der Waals surface area (Å²) in [6, 6.07) is 16.9. The lowest BCUT2D eigenvalue weighted by Crippen LogP contribution is -2.42. The second-order valence-corrected chi connectivity index (χ2v) is 17.3. The Balaban J connectivity index is 0.000000204. The van der Waals surface area contributed by atoms with Crippen LogP contribution in [0.3, 0.4) is 0 Å². The van der Waals surface area contributed by atoms with Gasteiger partial charge in [0.05, 0.1) is 23.6 Å². The number of sulfonamides is 2. The smallest absolute Gasteiger partial charge is 0.211 e. The third-order valence-corrected chi connectivity index (χ3v) is 11.6. The first kappa shape index (κ1) is 43.1. The largest absolute Gasteiger partial charge is 0.383 e. The molecular formula is C36H43ClF2N8O6S2. The first-order valence-corrected chi connectivity index (χ1v) is 21.1. The van der Waals surface area contributed by atoms with E-state index in [-0.39, 0.29) is 51.6 Å². The number of benzene rings is 2. The van der Waals surface area contributed by atoms with Crippen LogP contribution in [0.5, 0.6) is 0 Å². The van der Waals surface area contributed by atoms with Crippen molar-refractivity contribution in [1.29, 1.82) is 0 Å². The molecule has 7 N–H and O–H groups in total. The van der Waals surface area contributed by atoms with E-state index in [4.69, 9.17) is 28.8 Å². The van der Waals surface area contributed by atoms with Crippen molar-refractivity contribution in [3.63, 3.8) is 0 Å². The highest BCUT2D eigenvalue weighted by atomic mass is 35.5. The van der Waals surface area contributed by atoms with Gasteiger partial charge in [-0.15, -0.1) is 0 Å². The van der Waals surface area contributed by atoms with Gasteiger partial charge in [0.1, 0.15) is 34.2 Å². The van der Waals surface area contributed by atoms with Crippen molar-refractivity contribution in [3.8, 4) is 0 Å². The van der Waals surface area contributed by atoms with Crippen LogP contribution < -0.4 is 22.5 Å². The van der Waals surface area contributed by atoms with Crippen LogP contribution in [0.1, 0.15) is 57.5 Å². The molecule has 0 bridgehead atoms. The van der Waals surface area contributed by atoms with Crippen LogP contribution in [0.2, 0.25) is 5.15 Å². The number of pyridine rings is 2. The van der Waals surface area contributed by atoms with Gasteiger partial charge in [0.15, 0.2) is 11.6 Å². The molecule has 0 saturated carbocycles. The van der Waals surface area contributed by atoms with Crippen molar-refractivity contribution in [1.82, 2.24) is 18.6 Å². The summed E-state index contributed by atoms with van der Waals surface area (Å²) in [7, 11) is -6.14. The maximum absolute atomic E-state index is 13.0. The minimum atomic E-state index is -3.16. The number of aromatic nitrogens is 2. The van der Waals surface area contributed by atoms with Crippen LogP contribution in [0.4, 0.5) is 26.2 Å². The maximum Gasteiger partial charge on any atom is 0.211 e. The van der Waals surface area contributed by atoms with Gasteiger partial charge < -0.3 is 22.5 Å². The monoisotopic (exact) mass is 820 g/mol. The van der Waals surface area contributed by atoms with Crippen LogP contribution in [0.25, 0.3) is 0 Å². The van der Waals surface area contributed by atoms with E-state index in [0.717, 1.165) is 12.8 Å². The second-order valence-electron chi connectivity index (χ2n) is 12.9. The van der Waals surface area contributed by atoms with Crippen LogP contribution in [-0.2, 0) is 20.0 Å². The molecule has 4 heterocycles. The van der Waals surface area contributed by atoms with E-state index in [9.17, 15) is 35.2 Å². The fraction of sp³-hybridized carbons (Fsp3) is 0.333. The van der Waals surface area contributed by atoms with Gasteiger partial charge >= 0.3 is 0 Å². The fourth-order valence-electron chi connectivity index (χ4n) is 5.65. The summed E-state index contributed by atoms with van der Waals surface area (Å²) in [5.41, 5.74) is 18.3. The number of nitrogens with two attached hydrogens (primary N) is 3. The lowest BCUT2D eigenvalue weighted by atomic mass is 10.0. The summed E-state index contributed by atoms with van der Waals surface area (Å²) in [5.74, 6) is -0.779. The van der Waals surface area contributed by atoms with Gasteiger partial charge in [0.25, 0.3) is 0 Å². The van der Waals surface area contributed by atoms with Crippen LogP contribution in [-0.4, -0.2) is 97.8 Å². The minimum absolute atomic E-state index is 0.0619.